The van der Waals surface area contributed by atoms with Crippen molar-refractivity contribution in [3.8, 4) is 0 Å². The van der Waals surface area contributed by atoms with Gasteiger partial charge in [-0.2, -0.15) is 0 Å². The van der Waals surface area contributed by atoms with E-state index in [0.29, 0.717) is 12.7 Å². The van der Waals surface area contributed by atoms with E-state index in [1.54, 1.807) is 6.92 Å². The van der Waals surface area contributed by atoms with E-state index in [4.69, 9.17) is 18.9 Å². The highest BCUT2D eigenvalue weighted by molar-refractivity contribution is 5.78. The molecule has 2 aliphatic rings. The van der Waals surface area contributed by atoms with E-state index in [9.17, 15) is 9.59 Å². The summed E-state index contributed by atoms with van der Waals surface area (Å²) < 4.78 is 20.3. The van der Waals surface area contributed by atoms with Gasteiger partial charge in [-0.15, -0.1) is 0 Å². The number of carbonyl (C=O) groups is 2. The number of esters is 1. The maximum atomic E-state index is 11.9. The molecule has 2 rings (SSSR count). The summed E-state index contributed by atoms with van der Waals surface area (Å²) in [6.45, 7) is 2.28. The molecule has 20 heavy (non-hydrogen) atoms. The number of rotatable bonds is 5. The fourth-order valence-electron chi connectivity index (χ4n) is 2.39. The molecule has 6 heteroatoms. The quantitative estimate of drug-likeness (QED) is 0.569. The van der Waals surface area contributed by atoms with Crippen LogP contribution < -0.4 is 0 Å². The zero-order valence-electron chi connectivity index (χ0n) is 11.9. The van der Waals surface area contributed by atoms with Crippen molar-refractivity contribution in [1.82, 2.24) is 0 Å². The lowest BCUT2D eigenvalue weighted by Crippen LogP contribution is -2.44. The Balaban J connectivity index is 1.63. The number of hydrogen-bond donors (Lipinski definition) is 0. The minimum atomic E-state index is -0.918. The summed E-state index contributed by atoms with van der Waals surface area (Å²) in [5.41, 5.74) is -0.918. The van der Waals surface area contributed by atoms with Crippen LogP contribution in [0.4, 0.5) is 4.79 Å². The van der Waals surface area contributed by atoms with E-state index >= 15 is 0 Å². The van der Waals surface area contributed by atoms with Crippen molar-refractivity contribution in [3.63, 3.8) is 0 Å². The maximum Gasteiger partial charge on any atom is 0.508 e. The van der Waals surface area contributed by atoms with E-state index in [0.717, 1.165) is 12.8 Å². The number of carbonyl (C=O) groups excluding carboxylic acids is 2. The van der Waals surface area contributed by atoms with Gasteiger partial charge in [0.25, 0.3) is 0 Å². The third kappa shape index (κ3) is 4.10. The Hall–Kier alpha value is -1.30. The van der Waals surface area contributed by atoms with Crippen molar-refractivity contribution in [2.45, 2.75) is 45.1 Å². The molecule has 0 aromatic carbocycles. The zero-order chi connectivity index (χ0) is 14.4. The second-order valence-electron chi connectivity index (χ2n) is 5.65. The molecule has 114 valence electrons. The third-order valence-corrected chi connectivity index (χ3v) is 3.73. The van der Waals surface area contributed by atoms with Crippen molar-refractivity contribution in [2.75, 3.05) is 26.4 Å². The zero-order valence-corrected chi connectivity index (χ0v) is 11.9. The fraction of sp³-hybridized carbons (Fsp3) is 0.857. The van der Waals surface area contributed by atoms with Crippen LogP contribution in [0, 0.1) is 5.41 Å². The SMILES string of the molecule is CC1(C(=O)OCCOC2CCCCC2)COC(=O)OC1. The molecule has 0 aromatic heterocycles. The molecule has 0 atom stereocenters. The average molecular weight is 286 g/mol. The lowest BCUT2D eigenvalue weighted by Gasteiger charge is -2.29. The van der Waals surface area contributed by atoms with Gasteiger partial charge >= 0.3 is 12.1 Å². The van der Waals surface area contributed by atoms with Crippen LogP contribution >= 0.6 is 0 Å². The monoisotopic (exact) mass is 286 g/mol. The smallest absolute Gasteiger partial charge is 0.463 e. The van der Waals surface area contributed by atoms with Crippen molar-refractivity contribution in [1.29, 1.82) is 0 Å². The normalized spacial score (nSPS) is 22.8. The Labute approximate surface area is 118 Å². The minimum Gasteiger partial charge on any atom is -0.463 e. The molecule has 0 unspecified atom stereocenters. The van der Waals surface area contributed by atoms with Gasteiger partial charge in [-0.05, 0) is 19.8 Å². The number of hydrogen-bond acceptors (Lipinski definition) is 6. The van der Waals surface area contributed by atoms with Crippen LogP contribution in [0.15, 0.2) is 0 Å². The predicted octanol–water partition coefficient (Wildman–Crippen LogP) is 2.05. The van der Waals surface area contributed by atoms with Gasteiger partial charge in [-0.25, -0.2) is 4.79 Å². The van der Waals surface area contributed by atoms with Crippen LogP contribution in [-0.4, -0.2) is 44.7 Å². The van der Waals surface area contributed by atoms with Crippen molar-refractivity contribution in [2.24, 2.45) is 5.41 Å². The van der Waals surface area contributed by atoms with Gasteiger partial charge in [0.1, 0.15) is 25.2 Å². The average Bonchev–Trinajstić information content (AvgIpc) is 2.48. The molecule has 0 aromatic rings. The minimum absolute atomic E-state index is 0.00580. The van der Waals surface area contributed by atoms with Crippen LogP contribution in [0.3, 0.4) is 0 Å². The topological polar surface area (TPSA) is 71.1 Å². The molecule has 2 fully saturated rings. The van der Waals surface area contributed by atoms with Gasteiger partial charge in [0, 0.05) is 0 Å². The molecular formula is C14H22O6. The first-order chi connectivity index (χ1) is 9.60. The largest absolute Gasteiger partial charge is 0.508 e. The molecule has 6 nitrogen and oxygen atoms in total. The lowest BCUT2D eigenvalue weighted by atomic mass is 9.93. The molecule has 0 bridgehead atoms. The number of ether oxygens (including phenoxy) is 4. The van der Waals surface area contributed by atoms with Gasteiger partial charge in [0.15, 0.2) is 0 Å². The van der Waals surface area contributed by atoms with Gasteiger partial charge < -0.3 is 18.9 Å². The summed E-state index contributed by atoms with van der Waals surface area (Å²) in [4.78, 5) is 22.7. The molecule has 0 spiro atoms. The van der Waals surface area contributed by atoms with Crippen LogP contribution in [0.5, 0.6) is 0 Å². The van der Waals surface area contributed by atoms with Crippen molar-refractivity contribution >= 4 is 12.1 Å². The van der Waals surface area contributed by atoms with Crippen molar-refractivity contribution in [3.05, 3.63) is 0 Å². The highest BCUT2D eigenvalue weighted by Gasteiger charge is 2.41. The summed E-state index contributed by atoms with van der Waals surface area (Å²) in [5.74, 6) is -0.419. The highest BCUT2D eigenvalue weighted by atomic mass is 16.7. The standard InChI is InChI=1S/C14H22O6/c1-14(9-19-13(16)20-10-14)12(15)18-8-7-17-11-5-3-2-4-6-11/h11H,2-10H2,1H3. The first-order valence-electron chi connectivity index (χ1n) is 7.18. The molecule has 1 saturated heterocycles. The van der Waals surface area contributed by atoms with E-state index in [1.165, 1.54) is 19.3 Å². The van der Waals surface area contributed by atoms with Gasteiger partial charge in [-0.3, -0.25) is 4.79 Å². The van der Waals surface area contributed by atoms with Crippen LogP contribution in [0.1, 0.15) is 39.0 Å². The Kier molecular flexibility index (Phi) is 5.23. The molecule has 0 amide bonds. The van der Waals surface area contributed by atoms with Gasteiger partial charge in [0.05, 0.1) is 12.7 Å². The third-order valence-electron chi connectivity index (χ3n) is 3.73. The Morgan fingerprint density at radius 1 is 1.20 bits per heavy atom. The van der Waals surface area contributed by atoms with Gasteiger partial charge in [0.2, 0.25) is 0 Å². The van der Waals surface area contributed by atoms with Crippen LogP contribution in [0.2, 0.25) is 0 Å². The summed E-state index contributed by atoms with van der Waals surface area (Å²) >= 11 is 0. The second-order valence-corrected chi connectivity index (χ2v) is 5.65. The fourth-order valence-corrected chi connectivity index (χ4v) is 2.39. The highest BCUT2D eigenvalue weighted by Crippen LogP contribution is 2.24. The summed E-state index contributed by atoms with van der Waals surface area (Å²) in [6, 6.07) is 0. The maximum absolute atomic E-state index is 11.9. The second kappa shape index (κ2) is 6.92. The lowest BCUT2D eigenvalue weighted by molar-refractivity contribution is -0.168. The van der Waals surface area contributed by atoms with Crippen LogP contribution in [-0.2, 0) is 23.7 Å². The molecular weight excluding hydrogens is 264 g/mol. The van der Waals surface area contributed by atoms with Crippen LogP contribution in [0.25, 0.3) is 0 Å². The number of cyclic esters (lactones) is 2. The summed E-state index contributed by atoms with van der Waals surface area (Å²) in [6.07, 6.45) is 5.46. The molecule has 1 aliphatic carbocycles. The molecule has 1 aliphatic heterocycles. The Bertz CT molecular complexity index is 338. The molecule has 1 saturated carbocycles. The Morgan fingerprint density at radius 2 is 1.85 bits per heavy atom. The molecule has 0 radical (unpaired) electrons. The Morgan fingerprint density at radius 3 is 2.50 bits per heavy atom. The van der Waals surface area contributed by atoms with E-state index < -0.39 is 17.5 Å². The first kappa shape index (κ1) is 15.1. The van der Waals surface area contributed by atoms with Gasteiger partial charge in [-0.1, -0.05) is 19.3 Å². The van der Waals surface area contributed by atoms with E-state index in [1.807, 2.05) is 0 Å². The van der Waals surface area contributed by atoms with Crippen molar-refractivity contribution < 1.29 is 28.5 Å². The molecule has 1 heterocycles. The first-order valence-corrected chi connectivity index (χ1v) is 7.18. The predicted molar refractivity (Wildman–Crippen MR) is 69.2 cm³/mol. The summed E-state index contributed by atoms with van der Waals surface area (Å²) in [5, 5.41) is 0. The van der Waals surface area contributed by atoms with E-state index in [2.05, 4.69) is 0 Å². The van der Waals surface area contributed by atoms with E-state index in [-0.39, 0.29) is 19.8 Å². The molecule has 0 N–H and O–H groups in total. The summed E-state index contributed by atoms with van der Waals surface area (Å²) in [7, 11) is 0.